The average molecular weight is 112 g/mol. The molecule has 8 heavy (non-hydrogen) atoms. The van der Waals surface area contributed by atoms with Gasteiger partial charge in [-0.2, -0.15) is 0 Å². The monoisotopic (exact) mass is 112 g/mol. The average Bonchev–Trinajstić information content (AvgIpc) is 2.11. The van der Waals surface area contributed by atoms with Crippen molar-refractivity contribution in [2.24, 2.45) is 7.05 Å². The zero-order valence-electron chi connectivity index (χ0n) is 7.05. The Morgan fingerprint density at radius 3 is 3.00 bits per heavy atom. The van der Waals surface area contributed by atoms with Crippen LogP contribution in [0.25, 0.3) is 0 Å². The summed E-state index contributed by atoms with van der Waals surface area (Å²) in [6, 6.07) is 0. The molecule has 0 spiro atoms. The summed E-state index contributed by atoms with van der Waals surface area (Å²) < 4.78 is 16.4. The van der Waals surface area contributed by atoms with Crippen LogP contribution in [0.1, 0.15) is 15.4 Å². The van der Waals surface area contributed by atoms with E-state index < -0.39 is 6.37 Å². The van der Waals surface area contributed by atoms with Crippen LogP contribution < -0.4 is 0 Å². The minimum atomic E-state index is -1.29. The number of hydrogen-bond acceptors (Lipinski definition) is 1. The van der Waals surface area contributed by atoms with Gasteiger partial charge in [0.2, 0.25) is 0 Å². The lowest BCUT2D eigenvalue weighted by Gasteiger charge is -1.93. The van der Waals surface area contributed by atoms with E-state index in [1.165, 1.54) is 6.92 Å². The summed E-state index contributed by atoms with van der Waals surface area (Å²) in [5.41, 5.74) is 0.604. The summed E-state index contributed by atoms with van der Waals surface area (Å²) in [5.74, 6) is 0. The first-order valence-corrected chi connectivity index (χ1v) is 2.48. The van der Waals surface area contributed by atoms with E-state index >= 15 is 0 Å². The van der Waals surface area contributed by atoms with Crippen molar-refractivity contribution in [2.45, 2.75) is 13.3 Å². The van der Waals surface area contributed by atoms with Crippen LogP contribution >= 0.6 is 0 Å². The fourth-order valence-corrected chi connectivity index (χ4v) is 0.598. The van der Waals surface area contributed by atoms with E-state index in [9.17, 15) is 0 Å². The van der Waals surface area contributed by atoms with E-state index in [1.54, 1.807) is 24.1 Å². The fourth-order valence-electron chi connectivity index (χ4n) is 0.598. The third-order valence-electron chi connectivity index (χ3n) is 1.07. The van der Waals surface area contributed by atoms with Gasteiger partial charge in [0.1, 0.15) is 0 Å². The molecule has 44 valence electrons. The fraction of sp³-hybridized carbons (Fsp3) is 0.500. The molecule has 0 bridgehead atoms. The van der Waals surface area contributed by atoms with Crippen LogP contribution in [0.2, 0.25) is 0 Å². The molecular weight excluding hydrogens is 100 g/mol. The molecule has 0 radical (unpaired) electrons. The third kappa shape index (κ3) is 0.735. The normalized spacial score (nSPS) is 15.2. The summed E-state index contributed by atoms with van der Waals surface area (Å²) in [4.78, 5) is 3.81. The van der Waals surface area contributed by atoms with Gasteiger partial charge in [0.15, 0.2) is 0 Å². The maximum atomic E-state index is 7.34. The van der Waals surface area contributed by atoms with Gasteiger partial charge in [-0.1, -0.05) is 6.92 Å². The summed E-state index contributed by atoms with van der Waals surface area (Å²) in [6.45, 7) is 1.52. The maximum Gasteiger partial charge on any atom is 0.0945 e. The Bertz CT molecular complexity index is 224. The highest BCUT2D eigenvalue weighted by atomic mass is 15.0. The van der Waals surface area contributed by atoms with Gasteiger partial charge in [-0.05, 0) is 6.37 Å². The molecule has 0 aromatic carbocycles. The topological polar surface area (TPSA) is 17.8 Å². The number of aryl methyl sites for hydroxylation is 2. The molecular formula is C6H10N2. The number of aromatic nitrogens is 2. The molecule has 1 aromatic rings. The molecule has 0 unspecified atom stereocenters. The molecule has 0 saturated carbocycles. The first-order chi connectivity index (χ1) is 4.52. The molecule has 2 nitrogen and oxygen atoms in total. The smallest absolute Gasteiger partial charge is 0.0945 e. The molecule has 0 amide bonds. The summed E-state index contributed by atoms with van der Waals surface area (Å²) in [5, 5.41) is 0. The number of rotatable bonds is 1. The SMILES string of the molecule is [2H]C([2H])(C)c1cncn1C. The molecule has 0 atom stereocenters. The Labute approximate surface area is 52.0 Å². The molecule has 2 heteroatoms. The minimum Gasteiger partial charge on any atom is -0.338 e. The Morgan fingerprint density at radius 2 is 2.75 bits per heavy atom. The second-order valence-corrected chi connectivity index (χ2v) is 1.64. The van der Waals surface area contributed by atoms with E-state index in [-0.39, 0.29) is 0 Å². The van der Waals surface area contributed by atoms with Gasteiger partial charge in [0, 0.05) is 21.7 Å². The highest BCUT2D eigenvalue weighted by Crippen LogP contribution is 1.94. The van der Waals surface area contributed by atoms with Crippen LogP contribution in [-0.2, 0) is 13.4 Å². The lowest BCUT2D eigenvalue weighted by atomic mass is 10.4. The first kappa shape index (κ1) is 3.28. The van der Waals surface area contributed by atoms with Gasteiger partial charge in [-0.25, -0.2) is 4.98 Å². The van der Waals surface area contributed by atoms with Gasteiger partial charge in [0.25, 0.3) is 0 Å². The van der Waals surface area contributed by atoms with E-state index in [1.807, 2.05) is 0 Å². The second kappa shape index (κ2) is 1.99. The molecule has 0 aliphatic rings. The molecule has 1 rings (SSSR count). The van der Waals surface area contributed by atoms with Gasteiger partial charge in [-0.3, -0.25) is 0 Å². The third-order valence-corrected chi connectivity index (χ3v) is 1.07. The highest BCUT2D eigenvalue weighted by Gasteiger charge is 1.89. The molecule has 0 aliphatic carbocycles. The van der Waals surface area contributed by atoms with Crippen molar-refractivity contribution in [3.8, 4) is 0 Å². The Hall–Kier alpha value is -0.790. The summed E-state index contributed by atoms with van der Waals surface area (Å²) in [7, 11) is 1.78. The number of nitrogens with zero attached hydrogens (tertiary/aromatic N) is 2. The second-order valence-electron chi connectivity index (χ2n) is 1.64. The Kier molecular flexibility index (Phi) is 0.814. The molecule has 0 N–H and O–H groups in total. The predicted molar refractivity (Wildman–Crippen MR) is 32.6 cm³/mol. The van der Waals surface area contributed by atoms with Crippen molar-refractivity contribution in [1.29, 1.82) is 0 Å². The highest BCUT2D eigenvalue weighted by molar-refractivity contribution is 4.95. The van der Waals surface area contributed by atoms with E-state index in [0.29, 0.717) is 5.69 Å². The van der Waals surface area contributed by atoms with Crippen molar-refractivity contribution in [2.75, 3.05) is 0 Å². The van der Waals surface area contributed by atoms with Gasteiger partial charge in [-0.15, -0.1) is 0 Å². The van der Waals surface area contributed by atoms with Crippen molar-refractivity contribution in [3.05, 3.63) is 18.2 Å². The van der Waals surface area contributed by atoms with Crippen LogP contribution in [0.4, 0.5) is 0 Å². The lowest BCUT2D eigenvalue weighted by molar-refractivity contribution is 0.833. The number of hydrogen-bond donors (Lipinski definition) is 0. The summed E-state index contributed by atoms with van der Waals surface area (Å²) in [6.07, 6.45) is 1.85. The first-order valence-electron chi connectivity index (χ1n) is 3.48. The maximum absolute atomic E-state index is 7.34. The van der Waals surface area contributed by atoms with Gasteiger partial charge < -0.3 is 4.57 Å². The molecule has 0 saturated heterocycles. The van der Waals surface area contributed by atoms with Crippen LogP contribution in [0.3, 0.4) is 0 Å². The van der Waals surface area contributed by atoms with E-state index in [2.05, 4.69) is 4.98 Å². The van der Waals surface area contributed by atoms with Crippen molar-refractivity contribution < 1.29 is 2.74 Å². The quantitative estimate of drug-likeness (QED) is 0.529. The van der Waals surface area contributed by atoms with Crippen molar-refractivity contribution >= 4 is 0 Å². The van der Waals surface area contributed by atoms with Gasteiger partial charge >= 0.3 is 0 Å². The van der Waals surface area contributed by atoms with Crippen molar-refractivity contribution in [3.63, 3.8) is 0 Å². The van der Waals surface area contributed by atoms with Crippen LogP contribution in [0, 0.1) is 0 Å². The van der Waals surface area contributed by atoms with Crippen LogP contribution in [-0.4, -0.2) is 9.55 Å². The van der Waals surface area contributed by atoms with Crippen LogP contribution in [0.15, 0.2) is 12.5 Å². The molecule has 0 fully saturated rings. The standard InChI is InChI=1S/C6H10N2/c1-3-6-4-7-5-8(6)2/h4-5H,3H2,1-2H3/i3D2. The predicted octanol–water partition coefficient (Wildman–Crippen LogP) is 0.982. The molecule has 1 aromatic heterocycles. The van der Waals surface area contributed by atoms with Gasteiger partial charge in [0.05, 0.1) is 6.33 Å². The zero-order valence-corrected chi connectivity index (χ0v) is 5.05. The van der Waals surface area contributed by atoms with Crippen LogP contribution in [0.5, 0.6) is 0 Å². The Balaban J connectivity index is 3.05. The summed E-state index contributed by atoms with van der Waals surface area (Å²) >= 11 is 0. The van der Waals surface area contributed by atoms with E-state index in [0.717, 1.165) is 0 Å². The molecule has 0 aliphatic heterocycles. The minimum absolute atomic E-state index is 0.604. The molecule has 1 heterocycles. The zero-order chi connectivity index (χ0) is 7.78. The van der Waals surface area contributed by atoms with E-state index in [4.69, 9.17) is 2.74 Å². The largest absolute Gasteiger partial charge is 0.338 e. The number of imidazole rings is 1. The lowest BCUT2D eigenvalue weighted by Crippen LogP contribution is -1.90. The Morgan fingerprint density at radius 1 is 2.00 bits per heavy atom. The van der Waals surface area contributed by atoms with Crippen molar-refractivity contribution in [1.82, 2.24) is 9.55 Å².